The van der Waals surface area contributed by atoms with E-state index in [-0.39, 0.29) is 5.54 Å². The van der Waals surface area contributed by atoms with Gasteiger partial charge in [0.05, 0.1) is 17.2 Å². The lowest BCUT2D eigenvalue weighted by Gasteiger charge is -2.06. The monoisotopic (exact) mass is 180 g/mol. The lowest BCUT2D eigenvalue weighted by atomic mass is 10.1. The van der Waals surface area contributed by atoms with E-state index in [1.807, 2.05) is 37.6 Å². The highest BCUT2D eigenvalue weighted by Crippen LogP contribution is 2.14. The lowest BCUT2D eigenvalue weighted by molar-refractivity contribution is 0.587. The molecule has 0 amide bonds. The van der Waals surface area contributed by atoms with Gasteiger partial charge in [0.25, 0.3) is 0 Å². The van der Waals surface area contributed by atoms with E-state index in [4.69, 9.17) is 0 Å². The van der Waals surface area contributed by atoms with Gasteiger partial charge in [0.2, 0.25) is 0 Å². The summed E-state index contributed by atoms with van der Waals surface area (Å²) in [5.74, 6) is 0. The van der Waals surface area contributed by atoms with E-state index < -0.39 is 0 Å². The van der Waals surface area contributed by atoms with Crippen molar-refractivity contribution in [1.82, 2.24) is 0 Å². The Bertz CT molecular complexity index is 287. The van der Waals surface area contributed by atoms with Gasteiger partial charge in [-0.05, 0) is 32.2 Å². The Morgan fingerprint density at radius 3 is 2.67 bits per heavy atom. The molecular weight excluding hydrogens is 168 g/mol. The fourth-order valence-electron chi connectivity index (χ4n) is 0.554. The van der Waals surface area contributed by atoms with E-state index in [1.54, 1.807) is 11.3 Å². The zero-order valence-electron chi connectivity index (χ0n) is 7.53. The van der Waals surface area contributed by atoms with E-state index >= 15 is 0 Å². The van der Waals surface area contributed by atoms with Crippen molar-refractivity contribution in [2.75, 3.05) is 0 Å². The molecule has 0 aromatic carbocycles. The highest BCUT2D eigenvalue weighted by atomic mass is 32.1. The smallest absolute Gasteiger partial charge is 0.0954 e. The SMILES string of the molecule is CC(C)(C)N=C=Nc1ccsc1. The van der Waals surface area contributed by atoms with E-state index in [0.29, 0.717) is 0 Å². The highest BCUT2D eigenvalue weighted by molar-refractivity contribution is 7.08. The predicted molar refractivity (Wildman–Crippen MR) is 53.6 cm³/mol. The van der Waals surface area contributed by atoms with Gasteiger partial charge in [0, 0.05) is 5.38 Å². The Kier molecular flexibility index (Phi) is 2.79. The van der Waals surface area contributed by atoms with Crippen LogP contribution < -0.4 is 0 Å². The molecule has 0 aliphatic rings. The molecule has 1 aromatic heterocycles. The molecule has 0 atom stereocenters. The van der Waals surface area contributed by atoms with Gasteiger partial charge in [-0.1, -0.05) is 0 Å². The first-order valence-corrected chi connectivity index (χ1v) is 4.72. The van der Waals surface area contributed by atoms with Crippen LogP contribution in [-0.4, -0.2) is 11.5 Å². The summed E-state index contributed by atoms with van der Waals surface area (Å²) in [6.45, 7) is 6.05. The maximum Gasteiger partial charge on any atom is 0.0954 e. The number of nitrogens with zero attached hydrogens (tertiary/aromatic N) is 2. The van der Waals surface area contributed by atoms with Crippen molar-refractivity contribution < 1.29 is 0 Å². The average molecular weight is 180 g/mol. The van der Waals surface area contributed by atoms with Crippen LogP contribution in [0.1, 0.15) is 20.8 Å². The molecule has 2 nitrogen and oxygen atoms in total. The van der Waals surface area contributed by atoms with Gasteiger partial charge in [0.1, 0.15) is 0 Å². The third-order valence-electron chi connectivity index (χ3n) is 1.07. The second-order valence-corrected chi connectivity index (χ2v) is 4.26. The summed E-state index contributed by atoms with van der Waals surface area (Å²) in [5, 5.41) is 3.95. The molecule has 0 aliphatic carbocycles. The van der Waals surface area contributed by atoms with Crippen molar-refractivity contribution in [2.45, 2.75) is 26.3 Å². The molecule has 0 radical (unpaired) electrons. The molecule has 1 rings (SSSR count). The Balaban J connectivity index is 2.69. The average Bonchev–Trinajstić information content (AvgIpc) is 2.36. The van der Waals surface area contributed by atoms with Crippen molar-refractivity contribution in [3.63, 3.8) is 0 Å². The topological polar surface area (TPSA) is 24.7 Å². The molecule has 0 bridgehead atoms. The Labute approximate surface area is 76.7 Å². The second kappa shape index (κ2) is 3.65. The summed E-state index contributed by atoms with van der Waals surface area (Å²) < 4.78 is 0. The molecule has 1 heterocycles. The van der Waals surface area contributed by atoms with Gasteiger partial charge in [-0.15, -0.1) is 0 Å². The van der Waals surface area contributed by atoms with E-state index in [0.717, 1.165) is 5.69 Å². The van der Waals surface area contributed by atoms with Crippen LogP contribution in [0.2, 0.25) is 0 Å². The summed E-state index contributed by atoms with van der Waals surface area (Å²) in [5.41, 5.74) is 0.840. The van der Waals surface area contributed by atoms with Crippen molar-refractivity contribution in [3.05, 3.63) is 16.8 Å². The summed E-state index contributed by atoms with van der Waals surface area (Å²) in [6, 6.07) is 4.62. The standard InChI is InChI=1S/C9H12N2S/c1-9(2,3)11-7-10-8-4-5-12-6-8/h4-6H,1-3H3. The number of rotatable bonds is 1. The van der Waals surface area contributed by atoms with Crippen LogP contribution in [0.4, 0.5) is 5.69 Å². The molecule has 0 fully saturated rings. The van der Waals surface area contributed by atoms with Crippen LogP contribution in [0.3, 0.4) is 0 Å². The number of thiophene rings is 1. The zero-order chi connectivity index (χ0) is 9.03. The molecule has 1 aromatic rings. The van der Waals surface area contributed by atoms with Crippen LogP contribution in [0.5, 0.6) is 0 Å². The minimum absolute atomic E-state index is 0.0838. The third-order valence-corrected chi connectivity index (χ3v) is 1.74. The molecule has 0 spiro atoms. The molecule has 0 saturated carbocycles. The molecular formula is C9H12N2S. The lowest BCUT2D eigenvalue weighted by Crippen LogP contribution is -2.07. The Morgan fingerprint density at radius 1 is 1.42 bits per heavy atom. The highest BCUT2D eigenvalue weighted by Gasteiger charge is 2.03. The van der Waals surface area contributed by atoms with Gasteiger partial charge >= 0.3 is 0 Å². The minimum atomic E-state index is -0.0838. The largest absolute Gasteiger partial charge is 0.219 e. The fourth-order valence-corrected chi connectivity index (χ4v) is 1.12. The molecule has 64 valence electrons. The zero-order valence-corrected chi connectivity index (χ0v) is 8.35. The van der Waals surface area contributed by atoms with Crippen molar-refractivity contribution in [2.24, 2.45) is 9.98 Å². The quantitative estimate of drug-likeness (QED) is 0.592. The molecule has 0 saturated heterocycles. The number of hydrogen-bond donors (Lipinski definition) is 0. The fraction of sp³-hybridized carbons (Fsp3) is 0.444. The summed E-state index contributed by atoms with van der Waals surface area (Å²) in [4.78, 5) is 8.16. The predicted octanol–water partition coefficient (Wildman–Crippen LogP) is 3.35. The number of hydrogen-bond acceptors (Lipinski definition) is 3. The molecule has 12 heavy (non-hydrogen) atoms. The van der Waals surface area contributed by atoms with Crippen LogP contribution in [0.15, 0.2) is 26.8 Å². The summed E-state index contributed by atoms with van der Waals surface area (Å²) in [6.07, 6.45) is 0. The first-order chi connectivity index (χ1) is 5.58. The van der Waals surface area contributed by atoms with Gasteiger partial charge in [-0.25, -0.2) is 4.99 Å². The van der Waals surface area contributed by atoms with Crippen molar-refractivity contribution in [1.29, 1.82) is 0 Å². The van der Waals surface area contributed by atoms with E-state index in [9.17, 15) is 0 Å². The van der Waals surface area contributed by atoms with Crippen LogP contribution in [-0.2, 0) is 0 Å². The normalized spacial score (nSPS) is 10.6. The Morgan fingerprint density at radius 2 is 2.17 bits per heavy atom. The van der Waals surface area contributed by atoms with Crippen molar-refractivity contribution >= 4 is 23.0 Å². The van der Waals surface area contributed by atoms with Gasteiger partial charge < -0.3 is 0 Å². The van der Waals surface area contributed by atoms with E-state index in [1.165, 1.54) is 0 Å². The first-order valence-electron chi connectivity index (χ1n) is 3.78. The molecule has 3 heteroatoms. The van der Waals surface area contributed by atoms with Crippen LogP contribution >= 0.6 is 11.3 Å². The third kappa shape index (κ3) is 3.46. The van der Waals surface area contributed by atoms with Crippen molar-refractivity contribution in [3.8, 4) is 0 Å². The van der Waals surface area contributed by atoms with Crippen LogP contribution in [0, 0.1) is 0 Å². The Hall–Kier alpha value is -0.920. The van der Waals surface area contributed by atoms with E-state index in [2.05, 4.69) is 16.0 Å². The molecule has 0 unspecified atom stereocenters. The molecule has 0 N–H and O–H groups in total. The summed E-state index contributed by atoms with van der Waals surface area (Å²) >= 11 is 1.62. The number of aliphatic imine (C=N–C) groups is 2. The van der Waals surface area contributed by atoms with Crippen LogP contribution in [0.25, 0.3) is 0 Å². The summed E-state index contributed by atoms with van der Waals surface area (Å²) in [7, 11) is 0. The first kappa shape index (κ1) is 9.17. The minimum Gasteiger partial charge on any atom is -0.219 e. The maximum absolute atomic E-state index is 4.12. The van der Waals surface area contributed by atoms with Gasteiger partial charge in [0.15, 0.2) is 0 Å². The van der Waals surface area contributed by atoms with Gasteiger partial charge in [-0.2, -0.15) is 16.3 Å². The molecule has 0 aliphatic heterocycles. The van der Waals surface area contributed by atoms with Gasteiger partial charge in [-0.3, -0.25) is 0 Å². The second-order valence-electron chi connectivity index (χ2n) is 3.48. The maximum atomic E-state index is 4.12.